The summed E-state index contributed by atoms with van der Waals surface area (Å²) in [4.78, 5) is 58.9. The molecule has 0 aromatic carbocycles. The summed E-state index contributed by atoms with van der Waals surface area (Å²) < 4.78 is 6.29. The number of hydrogen-bond acceptors (Lipinski definition) is 10. The Kier molecular flexibility index (Phi) is 6.18. The minimum absolute atomic E-state index is 0.00858. The van der Waals surface area contributed by atoms with Crippen molar-refractivity contribution in [2.45, 2.75) is 57.9 Å². The number of rotatable bonds is 8. The van der Waals surface area contributed by atoms with Gasteiger partial charge in [-0.25, -0.2) is 24.7 Å². The number of imidazole rings is 1. The molecule has 2 N–H and O–H groups in total. The molecule has 4 amide bonds. The molecule has 0 bridgehead atoms. The molecule has 1 aliphatic heterocycles. The van der Waals surface area contributed by atoms with Crippen molar-refractivity contribution in [2.24, 2.45) is 5.92 Å². The highest BCUT2D eigenvalue weighted by molar-refractivity contribution is 7.05. The number of imide groups is 1. The smallest absolute Gasteiger partial charge is 0.331 e. The Hall–Kier alpha value is -4.46. The van der Waals surface area contributed by atoms with E-state index in [2.05, 4.69) is 36.2 Å². The fourth-order valence-electron chi connectivity index (χ4n) is 5.41. The van der Waals surface area contributed by atoms with Gasteiger partial charge in [0.1, 0.15) is 34.8 Å². The van der Waals surface area contributed by atoms with Crippen LogP contribution in [0.2, 0.25) is 0 Å². The van der Waals surface area contributed by atoms with E-state index in [1.807, 2.05) is 30.5 Å². The van der Waals surface area contributed by atoms with Crippen molar-refractivity contribution >= 4 is 52.3 Å². The number of carbonyl (C=O) groups excluding carboxylic acids is 3. The Morgan fingerprint density at radius 3 is 2.55 bits per heavy atom. The number of aromatic nitrogens is 6. The highest BCUT2D eigenvalue weighted by atomic mass is 32.1. The number of pyridine rings is 1. The van der Waals surface area contributed by atoms with Crippen LogP contribution in [-0.4, -0.2) is 65.0 Å². The SMILES string of the molecule is Cc1nc(NC(=O)[C@H]2C[C@@H]2c2nsc(C)n2)cc(N[C@H](C)c2cn3cc(C4CC4)cc(N4CC(=O)N(C)C4=O)c3n2)n1. The van der Waals surface area contributed by atoms with Crippen molar-refractivity contribution in [3.63, 3.8) is 0 Å². The quantitative estimate of drug-likeness (QED) is 0.294. The summed E-state index contributed by atoms with van der Waals surface area (Å²) in [5.74, 6) is 2.19. The summed E-state index contributed by atoms with van der Waals surface area (Å²) >= 11 is 1.35. The molecule has 3 aliphatic rings. The summed E-state index contributed by atoms with van der Waals surface area (Å²) in [7, 11) is 1.50. The van der Waals surface area contributed by atoms with Gasteiger partial charge in [-0.3, -0.25) is 19.4 Å². The predicted octanol–water partition coefficient (Wildman–Crippen LogP) is 3.78. The van der Waals surface area contributed by atoms with Gasteiger partial charge in [0.2, 0.25) is 11.8 Å². The molecular weight excluding hydrogens is 556 g/mol. The zero-order valence-electron chi connectivity index (χ0n) is 23.7. The molecule has 14 heteroatoms. The number of nitrogens with one attached hydrogen (secondary N) is 2. The van der Waals surface area contributed by atoms with E-state index in [1.165, 1.54) is 23.5 Å². The first-order valence-electron chi connectivity index (χ1n) is 14.0. The summed E-state index contributed by atoms with van der Waals surface area (Å²) in [6.07, 6.45) is 6.92. The average Bonchev–Trinajstić information content (AvgIpc) is 3.85. The van der Waals surface area contributed by atoms with E-state index in [1.54, 1.807) is 13.0 Å². The number of nitrogens with zero attached hydrogens (tertiary/aromatic N) is 8. The number of likely N-dealkylation sites (N-methyl/N-ethyl adjacent to an activating group) is 1. The summed E-state index contributed by atoms with van der Waals surface area (Å²) in [5.41, 5.74) is 3.10. The number of aryl methyl sites for hydroxylation is 2. The zero-order valence-corrected chi connectivity index (χ0v) is 24.5. The van der Waals surface area contributed by atoms with Crippen LogP contribution in [0.5, 0.6) is 0 Å². The van der Waals surface area contributed by atoms with E-state index >= 15 is 0 Å². The van der Waals surface area contributed by atoms with E-state index in [4.69, 9.17) is 4.98 Å². The molecule has 216 valence electrons. The maximum absolute atomic E-state index is 12.9. The third-order valence-corrected chi connectivity index (χ3v) is 8.63. The highest BCUT2D eigenvalue weighted by Crippen LogP contribution is 2.47. The van der Waals surface area contributed by atoms with Crippen LogP contribution in [0.3, 0.4) is 0 Å². The first-order chi connectivity index (χ1) is 20.1. The lowest BCUT2D eigenvalue weighted by atomic mass is 10.1. The second-order valence-corrected chi connectivity index (χ2v) is 12.3. The highest BCUT2D eigenvalue weighted by Gasteiger charge is 2.46. The fourth-order valence-corrected chi connectivity index (χ4v) is 5.95. The largest absolute Gasteiger partial charge is 0.362 e. The van der Waals surface area contributed by atoms with Gasteiger partial charge in [0, 0.05) is 37.3 Å². The van der Waals surface area contributed by atoms with E-state index in [-0.39, 0.29) is 42.3 Å². The second-order valence-electron chi connectivity index (χ2n) is 11.3. The van der Waals surface area contributed by atoms with Crippen LogP contribution >= 0.6 is 11.5 Å². The normalized spacial score (nSPS) is 20.9. The van der Waals surface area contributed by atoms with Crippen LogP contribution in [0.25, 0.3) is 5.65 Å². The molecule has 0 radical (unpaired) electrons. The zero-order chi connectivity index (χ0) is 29.3. The van der Waals surface area contributed by atoms with Gasteiger partial charge in [-0.15, -0.1) is 0 Å². The Morgan fingerprint density at radius 1 is 1.07 bits per heavy atom. The Labute approximate surface area is 245 Å². The molecule has 0 spiro atoms. The standard InChI is InChI=1S/C28H30N10O3S/c1-13(29-22-9-23(31-14(2)30-22)34-27(40)19-8-18(19)25-32-15(3)42-35-25)20-11-37-10-17(16-5-6-16)7-21(26(37)33-20)38-12-24(39)36(4)28(38)41/h7,9-11,13,16,18-19H,5-6,8,12H2,1-4H3,(H2,29,30,31,34,40)/t13-,18+,19+/m1/s1. The molecular formula is C28H30N10O3S. The fraction of sp³-hybridized carbons (Fsp3) is 0.429. The number of anilines is 3. The number of carbonyl (C=O) groups is 3. The van der Waals surface area contributed by atoms with Crippen LogP contribution in [0, 0.1) is 19.8 Å². The number of fused-ring (bicyclic) bond motifs is 1. The van der Waals surface area contributed by atoms with Crippen LogP contribution in [0.15, 0.2) is 24.5 Å². The Morgan fingerprint density at radius 2 is 1.86 bits per heavy atom. The van der Waals surface area contributed by atoms with Crippen LogP contribution in [-0.2, 0) is 9.59 Å². The third kappa shape index (κ3) is 4.85. The molecule has 4 aromatic rings. The number of amides is 4. The molecule has 2 aliphatic carbocycles. The topological polar surface area (TPSA) is 151 Å². The minimum Gasteiger partial charge on any atom is -0.362 e. The molecule has 0 unspecified atom stereocenters. The van der Waals surface area contributed by atoms with Crippen molar-refractivity contribution in [3.8, 4) is 0 Å². The third-order valence-electron chi connectivity index (χ3n) is 8.00. The first kappa shape index (κ1) is 26.4. The number of hydrogen-bond donors (Lipinski definition) is 2. The van der Waals surface area contributed by atoms with Crippen LogP contribution in [0.1, 0.15) is 72.0 Å². The lowest BCUT2D eigenvalue weighted by molar-refractivity contribution is -0.124. The van der Waals surface area contributed by atoms with E-state index in [0.29, 0.717) is 34.7 Å². The molecule has 3 atom stereocenters. The van der Waals surface area contributed by atoms with Crippen molar-refractivity contribution in [1.82, 2.24) is 33.6 Å². The number of urea groups is 1. The van der Waals surface area contributed by atoms with E-state index in [9.17, 15) is 14.4 Å². The van der Waals surface area contributed by atoms with Gasteiger partial charge in [-0.2, -0.15) is 4.37 Å². The molecule has 1 saturated heterocycles. The van der Waals surface area contributed by atoms with E-state index < -0.39 is 0 Å². The molecule has 13 nitrogen and oxygen atoms in total. The Bertz CT molecular complexity index is 1760. The van der Waals surface area contributed by atoms with E-state index in [0.717, 1.165) is 46.3 Å². The van der Waals surface area contributed by atoms with Gasteiger partial charge < -0.3 is 15.0 Å². The summed E-state index contributed by atoms with van der Waals surface area (Å²) in [6, 6.07) is 3.09. The van der Waals surface area contributed by atoms with Gasteiger partial charge in [0.25, 0.3) is 0 Å². The lowest BCUT2D eigenvalue weighted by Crippen LogP contribution is -2.30. The van der Waals surface area contributed by atoms with Gasteiger partial charge in [0.05, 0.1) is 17.4 Å². The molecule has 4 aromatic heterocycles. The van der Waals surface area contributed by atoms with Crippen molar-refractivity contribution in [2.75, 3.05) is 29.1 Å². The predicted molar refractivity (Wildman–Crippen MR) is 156 cm³/mol. The van der Waals surface area contributed by atoms with Gasteiger partial charge in [-0.05, 0) is 69.1 Å². The monoisotopic (exact) mass is 586 g/mol. The molecule has 7 rings (SSSR count). The second kappa shape index (κ2) is 9.82. The summed E-state index contributed by atoms with van der Waals surface area (Å²) in [6.45, 7) is 5.64. The first-order valence-corrected chi connectivity index (χ1v) is 14.8. The van der Waals surface area contributed by atoms with Crippen molar-refractivity contribution < 1.29 is 14.4 Å². The van der Waals surface area contributed by atoms with Crippen LogP contribution in [0.4, 0.5) is 22.1 Å². The molecule has 2 saturated carbocycles. The maximum atomic E-state index is 12.9. The lowest BCUT2D eigenvalue weighted by Gasteiger charge is -2.17. The van der Waals surface area contributed by atoms with Gasteiger partial charge >= 0.3 is 6.03 Å². The van der Waals surface area contributed by atoms with Gasteiger partial charge in [0.15, 0.2) is 5.65 Å². The van der Waals surface area contributed by atoms with Crippen LogP contribution < -0.4 is 15.5 Å². The van der Waals surface area contributed by atoms with Crippen molar-refractivity contribution in [1.29, 1.82) is 0 Å². The summed E-state index contributed by atoms with van der Waals surface area (Å²) in [5, 5.41) is 7.20. The van der Waals surface area contributed by atoms with Gasteiger partial charge in [-0.1, -0.05) is 0 Å². The average molecular weight is 587 g/mol. The molecule has 3 fully saturated rings. The Balaban J connectivity index is 1.11. The molecule has 5 heterocycles. The minimum atomic E-state index is -0.355. The maximum Gasteiger partial charge on any atom is 0.331 e. The van der Waals surface area contributed by atoms with Crippen molar-refractivity contribution in [3.05, 3.63) is 52.4 Å². The molecule has 42 heavy (non-hydrogen) atoms.